The van der Waals surface area contributed by atoms with Gasteiger partial charge < -0.3 is 5.32 Å². The van der Waals surface area contributed by atoms with Crippen LogP contribution >= 0.6 is 0 Å². The van der Waals surface area contributed by atoms with Crippen LogP contribution in [0, 0.1) is 0 Å². The molecular formula is C10H10N4O. The molecule has 0 aliphatic heterocycles. The highest BCUT2D eigenvalue weighted by Gasteiger charge is 2.04. The monoisotopic (exact) mass is 202 g/mol. The van der Waals surface area contributed by atoms with Crippen molar-refractivity contribution in [3.63, 3.8) is 0 Å². The molecule has 0 radical (unpaired) electrons. The second kappa shape index (κ2) is 3.91. The first-order chi connectivity index (χ1) is 7.25. The Labute approximate surface area is 86.5 Å². The van der Waals surface area contributed by atoms with Crippen LogP contribution in [-0.2, 0) is 4.79 Å². The van der Waals surface area contributed by atoms with Gasteiger partial charge in [-0.3, -0.25) is 14.9 Å². The Morgan fingerprint density at radius 3 is 3.00 bits per heavy atom. The zero-order valence-corrected chi connectivity index (χ0v) is 8.19. The molecule has 76 valence electrons. The fraction of sp³-hybridized carbons (Fsp3) is 0.100. The first-order valence-corrected chi connectivity index (χ1v) is 4.50. The number of rotatable bonds is 2. The van der Waals surface area contributed by atoms with Crippen LogP contribution in [0.25, 0.3) is 11.4 Å². The first-order valence-electron chi connectivity index (χ1n) is 4.50. The van der Waals surface area contributed by atoms with Crippen molar-refractivity contribution < 1.29 is 4.79 Å². The minimum atomic E-state index is -0.144. The molecule has 0 aliphatic carbocycles. The van der Waals surface area contributed by atoms with Gasteiger partial charge in [0.05, 0.1) is 11.4 Å². The Morgan fingerprint density at radius 2 is 2.33 bits per heavy atom. The summed E-state index contributed by atoms with van der Waals surface area (Å²) in [5.41, 5.74) is 1.57. The second-order valence-corrected chi connectivity index (χ2v) is 3.06. The van der Waals surface area contributed by atoms with Crippen LogP contribution in [0.4, 0.5) is 5.82 Å². The van der Waals surface area contributed by atoms with E-state index in [1.54, 1.807) is 12.3 Å². The van der Waals surface area contributed by atoms with E-state index >= 15 is 0 Å². The number of hydrogen-bond donors (Lipinski definition) is 2. The maximum absolute atomic E-state index is 10.8. The van der Waals surface area contributed by atoms with Gasteiger partial charge in [0, 0.05) is 19.2 Å². The molecule has 0 aromatic carbocycles. The lowest BCUT2D eigenvalue weighted by Crippen LogP contribution is -2.05. The molecule has 2 rings (SSSR count). The summed E-state index contributed by atoms with van der Waals surface area (Å²) in [4.78, 5) is 14.9. The van der Waals surface area contributed by atoms with Crippen molar-refractivity contribution in [2.24, 2.45) is 0 Å². The normalized spacial score (nSPS) is 9.93. The van der Waals surface area contributed by atoms with Crippen LogP contribution in [0.2, 0.25) is 0 Å². The van der Waals surface area contributed by atoms with Crippen LogP contribution in [0.15, 0.2) is 30.5 Å². The summed E-state index contributed by atoms with van der Waals surface area (Å²) in [5, 5.41) is 9.32. The van der Waals surface area contributed by atoms with E-state index < -0.39 is 0 Å². The van der Waals surface area contributed by atoms with Gasteiger partial charge in [-0.15, -0.1) is 0 Å². The van der Waals surface area contributed by atoms with Gasteiger partial charge >= 0.3 is 0 Å². The van der Waals surface area contributed by atoms with Crippen molar-refractivity contribution in [3.8, 4) is 11.4 Å². The van der Waals surface area contributed by atoms with Gasteiger partial charge in [-0.05, 0) is 12.1 Å². The average Bonchev–Trinajstić information content (AvgIpc) is 2.67. The largest absolute Gasteiger partial charge is 0.309 e. The van der Waals surface area contributed by atoms with E-state index in [0.29, 0.717) is 5.82 Å². The van der Waals surface area contributed by atoms with Crippen molar-refractivity contribution in [3.05, 3.63) is 30.5 Å². The van der Waals surface area contributed by atoms with E-state index in [9.17, 15) is 4.79 Å². The molecule has 2 aromatic rings. The smallest absolute Gasteiger partial charge is 0.222 e. The zero-order chi connectivity index (χ0) is 10.7. The molecule has 0 fully saturated rings. The number of hydrogen-bond acceptors (Lipinski definition) is 3. The Kier molecular flexibility index (Phi) is 2.45. The summed E-state index contributed by atoms with van der Waals surface area (Å²) in [6.07, 6.45) is 1.70. The Morgan fingerprint density at radius 1 is 1.47 bits per heavy atom. The molecule has 0 unspecified atom stereocenters. The summed E-state index contributed by atoms with van der Waals surface area (Å²) in [6, 6.07) is 7.34. The highest BCUT2D eigenvalue weighted by molar-refractivity contribution is 5.88. The highest BCUT2D eigenvalue weighted by atomic mass is 16.1. The van der Waals surface area contributed by atoms with E-state index in [2.05, 4.69) is 20.5 Å². The zero-order valence-electron chi connectivity index (χ0n) is 8.19. The minimum Gasteiger partial charge on any atom is -0.309 e. The molecular weight excluding hydrogens is 192 g/mol. The Bertz CT molecular complexity index is 463. The molecule has 5 heteroatoms. The fourth-order valence-electron chi connectivity index (χ4n) is 1.22. The fourth-order valence-corrected chi connectivity index (χ4v) is 1.22. The predicted octanol–water partition coefficient (Wildman–Crippen LogP) is 1.43. The van der Waals surface area contributed by atoms with Gasteiger partial charge in [-0.1, -0.05) is 6.07 Å². The lowest BCUT2D eigenvalue weighted by atomic mass is 10.3. The van der Waals surface area contributed by atoms with E-state index in [0.717, 1.165) is 11.4 Å². The first kappa shape index (κ1) is 9.39. The Hall–Kier alpha value is -2.17. The Balaban J connectivity index is 2.24. The van der Waals surface area contributed by atoms with E-state index in [-0.39, 0.29) is 5.91 Å². The number of carbonyl (C=O) groups is 1. The van der Waals surface area contributed by atoms with E-state index in [4.69, 9.17) is 0 Å². The number of pyridine rings is 1. The van der Waals surface area contributed by atoms with E-state index in [1.165, 1.54) is 6.92 Å². The number of nitrogens with zero attached hydrogens (tertiary/aromatic N) is 2. The third kappa shape index (κ3) is 2.19. The van der Waals surface area contributed by atoms with Crippen LogP contribution in [0.1, 0.15) is 6.92 Å². The highest BCUT2D eigenvalue weighted by Crippen LogP contribution is 2.16. The van der Waals surface area contributed by atoms with Gasteiger partial charge in [0.25, 0.3) is 0 Å². The number of aromatic amines is 1. The van der Waals surface area contributed by atoms with Gasteiger partial charge in [0.1, 0.15) is 0 Å². The molecule has 5 nitrogen and oxygen atoms in total. The molecule has 0 atom stereocenters. The summed E-state index contributed by atoms with van der Waals surface area (Å²) >= 11 is 0. The lowest BCUT2D eigenvalue weighted by Gasteiger charge is -1.93. The summed E-state index contributed by atoms with van der Waals surface area (Å²) in [6.45, 7) is 1.44. The van der Waals surface area contributed by atoms with Crippen molar-refractivity contribution in [2.75, 3.05) is 5.32 Å². The second-order valence-electron chi connectivity index (χ2n) is 3.06. The molecule has 2 aromatic heterocycles. The number of nitrogens with one attached hydrogen (secondary N) is 2. The minimum absolute atomic E-state index is 0.144. The number of anilines is 1. The maximum atomic E-state index is 10.8. The third-order valence-electron chi connectivity index (χ3n) is 1.82. The van der Waals surface area contributed by atoms with Gasteiger partial charge in [0.2, 0.25) is 5.91 Å². The van der Waals surface area contributed by atoms with Crippen molar-refractivity contribution in [1.29, 1.82) is 0 Å². The number of amides is 1. The van der Waals surface area contributed by atoms with E-state index in [1.807, 2.05) is 18.2 Å². The molecule has 2 N–H and O–H groups in total. The number of carbonyl (C=O) groups excluding carboxylic acids is 1. The summed E-state index contributed by atoms with van der Waals surface area (Å²) in [5.74, 6) is 0.359. The van der Waals surface area contributed by atoms with Gasteiger partial charge in [-0.25, -0.2) is 0 Å². The molecule has 15 heavy (non-hydrogen) atoms. The van der Waals surface area contributed by atoms with Gasteiger partial charge in [-0.2, -0.15) is 5.10 Å². The number of H-pyrrole nitrogens is 1. The van der Waals surface area contributed by atoms with Crippen LogP contribution in [0.3, 0.4) is 0 Å². The third-order valence-corrected chi connectivity index (χ3v) is 1.82. The summed E-state index contributed by atoms with van der Waals surface area (Å²) in [7, 11) is 0. The molecule has 0 saturated heterocycles. The molecule has 0 spiro atoms. The summed E-state index contributed by atoms with van der Waals surface area (Å²) < 4.78 is 0. The van der Waals surface area contributed by atoms with Crippen LogP contribution in [-0.4, -0.2) is 21.1 Å². The maximum Gasteiger partial charge on any atom is 0.222 e. The lowest BCUT2D eigenvalue weighted by molar-refractivity contribution is -0.114. The molecule has 1 amide bonds. The van der Waals surface area contributed by atoms with Crippen LogP contribution in [0.5, 0.6) is 0 Å². The standard InChI is InChI=1S/C10H10N4O/c1-7(15)12-10-6-9(13-14-10)8-4-2-3-5-11-8/h2-6H,1H3,(H2,12,13,14,15). The molecule has 0 saturated carbocycles. The average molecular weight is 202 g/mol. The van der Waals surface area contributed by atoms with Gasteiger partial charge in [0.15, 0.2) is 5.82 Å². The topological polar surface area (TPSA) is 70.7 Å². The van der Waals surface area contributed by atoms with Crippen LogP contribution < -0.4 is 5.32 Å². The molecule has 0 bridgehead atoms. The van der Waals surface area contributed by atoms with Crippen molar-refractivity contribution in [1.82, 2.24) is 15.2 Å². The number of aromatic nitrogens is 3. The quantitative estimate of drug-likeness (QED) is 0.773. The van der Waals surface area contributed by atoms with Crippen molar-refractivity contribution in [2.45, 2.75) is 6.92 Å². The molecule has 0 aliphatic rings. The predicted molar refractivity (Wildman–Crippen MR) is 56.1 cm³/mol. The SMILES string of the molecule is CC(=O)Nc1cc(-c2ccccn2)[nH]n1. The molecule has 2 heterocycles. The van der Waals surface area contributed by atoms with Crippen molar-refractivity contribution >= 4 is 11.7 Å².